The Hall–Kier alpha value is -3.46. The maximum atomic E-state index is 11.7. The van der Waals surface area contributed by atoms with Gasteiger partial charge in [0.2, 0.25) is 11.8 Å². The van der Waals surface area contributed by atoms with Crippen LogP contribution in [0, 0.1) is 11.8 Å². The Labute approximate surface area is 151 Å². The normalized spacial score (nSPS) is 9.69. The molecule has 0 spiro atoms. The summed E-state index contributed by atoms with van der Waals surface area (Å²) in [6.07, 6.45) is 0.427. The highest BCUT2D eigenvalue weighted by Crippen LogP contribution is 2.10. The van der Waals surface area contributed by atoms with Crippen LogP contribution < -0.4 is 10.6 Å². The van der Waals surface area contributed by atoms with Crippen LogP contribution in [0.1, 0.15) is 11.1 Å². The van der Waals surface area contributed by atoms with Crippen molar-refractivity contribution in [3.05, 3.63) is 59.7 Å². The van der Waals surface area contributed by atoms with E-state index in [2.05, 4.69) is 22.5 Å². The van der Waals surface area contributed by atoms with E-state index in [1.54, 1.807) is 24.3 Å². The van der Waals surface area contributed by atoms with Gasteiger partial charge in [-0.15, -0.1) is 0 Å². The quantitative estimate of drug-likeness (QED) is 0.586. The second kappa shape index (κ2) is 9.74. The maximum absolute atomic E-state index is 11.7. The third-order valence-electron chi connectivity index (χ3n) is 3.47. The number of amides is 2. The molecular weight excluding hydrogens is 332 g/mol. The number of rotatable bonds is 6. The van der Waals surface area contributed by atoms with Gasteiger partial charge in [-0.2, -0.15) is 0 Å². The van der Waals surface area contributed by atoms with Crippen LogP contribution in [-0.4, -0.2) is 35.1 Å². The van der Waals surface area contributed by atoms with E-state index in [-0.39, 0.29) is 49.2 Å². The van der Waals surface area contributed by atoms with Gasteiger partial charge in [-0.05, 0) is 35.4 Å². The Morgan fingerprint density at radius 1 is 0.692 bits per heavy atom. The molecule has 0 aromatic heterocycles. The van der Waals surface area contributed by atoms with E-state index < -0.39 is 0 Å². The molecule has 6 heteroatoms. The fraction of sp³-hybridized carbons (Fsp3) is 0.200. The summed E-state index contributed by atoms with van der Waals surface area (Å²) in [5, 5.41) is 23.7. The second-order valence-electron chi connectivity index (χ2n) is 5.59. The molecule has 0 fully saturated rings. The van der Waals surface area contributed by atoms with Crippen molar-refractivity contribution >= 4 is 11.8 Å². The largest absolute Gasteiger partial charge is 0.508 e. The van der Waals surface area contributed by atoms with E-state index in [1.165, 1.54) is 24.3 Å². The number of benzene rings is 2. The number of hydrogen-bond donors (Lipinski definition) is 4. The summed E-state index contributed by atoms with van der Waals surface area (Å²) in [5.41, 5.74) is 1.60. The minimum atomic E-state index is -0.165. The van der Waals surface area contributed by atoms with E-state index >= 15 is 0 Å². The summed E-state index contributed by atoms with van der Waals surface area (Å²) in [7, 11) is 0. The van der Waals surface area contributed by atoms with E-state index in [9.17, 15) is 19.8 Å². The zero-order chi connectivity index (χ0) is 18.8. The molecule has 4 N–H and O–H groups in total. The Bertz CT molecular complexity index is 735. The van der Waals surface area contributed by atoms with Crippen molar-refractivity contribution in [3.63, 3.8) is 0 Å². The number of phenolic OH excluding ortho intramolecular Hbond substituents is 2. The standard InChI is InChI=1S/C20H20N2O4/c23-17-7-3-15(4-8-17)13-19(25)21-11-1-2-12-22-20(26)14-16-5-9-18(24)10-6-16/h3-10,23-24H,11-14H2,(H,21,25)(H,22,26). The third kappa shape index (κ3) is 6.97. The smallest absolute Gasteiger partial charge is 0.225 e. The molecule has 0 unspecified atom stereocenters. The number of phenols is 2. The average molecular weight is 352 g/mol. The zero-order valence-corrected chi connectivity index (χ0v) is 14.2. The fourth-order valence-corrected chi connectivity index (χ4v) is 2.13. The summed E-state index contributed by atoms with van der Waals surface area (Å²) < 4.78 is 0. The molecule has 2 rings (SSSR count). The molecular formula is C20H20N2O4. The van der Waals surface area contributed by atoms with Gasteiger partial charge < -0.3 is 20.8 Å². The highest BCUT2D eigenvalue weighted by molar-refractivity contribution is 5.79. The monoisotopic (exact) mass is 352 g/mol. The Morgan fingerprint density at radius 3 is 1.38 bits per heavy atom. The SMILES string of the molecule is O=C(Cc1ccc(O)cc1)NCC#CCNC(=O)Cc1ccc(O)cc1. The molecule has 0 radical (unpaired) electrons. The van der Waals surface area contributed by atoms with Crippen LogP contribution in [0.3, 0.4) is 0 Å². The van der Waals surface area contributed by atoms with Crippen LogP contribution in [0.25, 0.3) is 0 Å². The number of carbonyl (C=O) groups is 2. The minimum Gasteiger partial charge on any atom is -0.508 e. The van der Waals surface area contributed by atoms with Gasteiger partial charge in [-0.25, -0.2) is 0 Å². The van der Waals surface area contributed by atoms with Gasteiger partial charge in [0.25, 0.3) is 0 Å². The number of aromatic hydroxyl groups is 2. The van der Waals surface area contributed by atoms with E-state index in [4.69, 9.17) is 0 Å². The molecule has 2 aromatic rings. The minimum absolute atomic E-state index is 0.160. The average Bonchev–Trinajstić information content (AvgIpc) is 2.62. The highest BCUT2D eigenvalue weighted by atomic mass is 16.3. The molecule has 0 atom stereocenters. The first-order valence-corrected chi connectivity index (χ1v) is 8.08. The van der Waals surface area contributed by atoms with Crippen LogP contribution in [0.5, 0.6) is 11.5 Å². The van der Waals surface area contributed by atoms with Crippen LogP contribution >= 0.6 is 0 Å². The van der Waals surface area contributed by atoms with Gasteiger partial charge in [-0.1, -0.05) is 36.1 Å². The van der Waals surface area contributed by atoms with Gasteiger partial charge in [0, 0.05) is 0 Å². The van der Waals surface area contributed by atoms with E-state index in [1.807, 2.05) is 0 Å². The predicted octanol–water partition coefficient (Wildman–Crippen LogP) is 1.12. The zero-order valence-electron chi connectivity index (χ0n) is 14.2. The lowest BCUT2D eigenvalue weighted by Crippen LogP contribution is -2.26. The molecule has 134 valence electrons. The molecule has 0 saturated carbocycles. The van der Waals surface area contributed by atoms with Crippen molar-refractivity contribution < 1.29 is 19.8 Å². The third-order valence-corrected chi connectivity index (χ3v) is 3.47. The molecule has 0 aliphatic rings. The molecule has 6 nitrogen and oxygen atoms in total. The number of nitrogens with one attached hydrogen (secondary N) is 2. The van der Waals surface area contributed by atoms with Crippen molar-refractivity contribution in [1.29, 1.82) is 0 Å². The molecule has 0 heterocycles. The van der Waals surface area contributed by atoms with E-state index in [0.717, 1.165) is 11.1 Å². The first kappa shape index (κ1) is 18.9. The number of carbonyl (C=O) groups excluding carboxylic acids is 2. The molecule has 26 heavy (non-hydrogen) atoms. The van der Waals surface area contributed by atoms with Crippen molar-refractivity contribution in [3.8, 4) is 23.3 Å². The lowest BCUT2D eigenvalue weighted by Gasteiger charge is -2.02. The second-order valence-corrected chi connectivity index (χ2v) is 5.59. The Kier molecular flexibility index (Phi) is 7.07. The van der Waals surface area contributed by atoms with Gasteiger partial charge in [-0.3, -0.25) is 9.59 Å². The summed E-state index contributed by atoms with van der Waals surface area (Å²) in [5.74, 6) is 5.52. The summed E-state index contributed by atoms with van der Waals surface area (Å²) >= 11 is 0. The van der Waals surface area contributed by atoms with Gasteiger partial charge in [0.15, 0.2) is 0 Å². The molecule has 0 aliphatic heterocycles. The van der Waals surface area contributed by atoms with Crippen LogP contribution in [0.2, 0.25) is 0 Å². The van der Waals surface area contributed by atoms with Crippen molar-refractivity contribution in [2.24, 2.45) is 0 Å². The van der Waals surface area contributed by atoms with Gasteiger partial charge in [0.05, 0.1) is 25.9 Å². The lowest BCUT2D eigenvalue weighted by atomic mass is 10.1. The van der Waals surface area contributed by atoms with Crippen LogP contribution in [0.15, 0.2) is 48.5 Å². The molecule has 2 aromatic carbocycles. The van der Waals surface area contributed by atoms with Crippen LogP contribution in [0.4, 0.5) is 0 Å². The van der Waals surface area contributed by atoms with Crippen LogP contribution in [-0.2, 0) is 22.4 Å². The van der Waals surface area contributed by atoms with Crippen molar-refractivity contribution in [2.45, 2.75) is 12.8 Å². The molecule has 0 saturated heterocycles. The fourth-order valence-electron chi connectivity index (χ4n) is 2.13. The van der Waals surface area contributed by atoms with Gasteiger partial charge in [0.1, 0.15) is 11.5 Å². The maximum Gasteiger partial charge on any atom is 0.225 e. The lowest BCUT2D eigenvalue weighted by molar-refractivity contribution is -0.121. The van der Waals surface area contributed by atoms with E-state index in [0.29, 0.717) is 0 Å². The molecule has 2 amide bonds. The Morgan fingerprint density at radius 2 is 1.04 bits per heavy atom. The first-order chi connectivity index (χ1) is 12.5. The van der Waals surface area contributed by atoms with Crippen molar-refractivity contribution in [2.75, 3.05) is 13.1 Å². The molecule has 0 aliphatic carbocycles. The highest BCUT2D eigenvalue weighted by Gasteiger charge is 2.03. The summed E-state index contributed by atoms with van der Waals surface area (Å²) in [4.78, 5) is 23.5. The topological polar surface area (TPSA) is 98.7 Å². The predicted molar refractivity (Wildman–Crippen MR) is 97.4 cm³/mol. The summed E-state index contributed by atoms with van der Waals surface area (Å²) in [6.45, 7) is 0.398. The summed E-state index contributed by atoms with van der Waals surface area (Å²) in [6, 6.07) is 12.9. The number of hydrogen-bond acceptors (Lipinski definition) is 4. The van der Waals surface area contributed by atoms with Gasteiger partial charge >= 0.3 is 0 Å². The molecule has 0 bridgehead atoms. The first-order valence-electron chi connectivity index (χ1n) is 8.08. The Balaban J connectivity index is 1.62. The van der Waals surface area contributed by atoms with Crippen molar-refractivity contribution in [1.82, 2.24) is 10.6 Å².